The number of nitrogens with zero attached hydrogens (tertiary/aromatic N) is 2. The molecule has 0 saturated heterocycles. The lowest BCUT2D eigenvalue weighted by molar-refractivity contribution is -0.454. The number of carboxylic acids is 1. The van der Waals surface area contributed by atoms with E-state index < -0.39 is 12.1 Å². The monoisotopic (exact) mass is 346 g/mol. The molecule has 0 saturated carbocycles. The number of nitrogens with one attached hydrogen (secondary N) is 1. The predicted molar refractivity (Wildman–Crippen MR) is 95.1 cm³/mol. The van der Waals surface area contributed by atoms with Crippen molar-refractivity contribution in [3.05, 3.63) is 84.4 Å². The molecule has 0 radical (unpaired) electrons. The molecule has 1 aromatic heterocycles. The third kappa shape index (κ3) is 3.00. The van der Waals surface area contributed by atoms with E-state index in [0.717, 1.165) is 11.0 Å². The van der Waals surface area contributed by atoms with Crippen LogP contribution in [0.2, 0.25) is 0 Å². The molecule has 0 spiro atoms. The largest absolute Gasteiger partial charge is 0.478 e. The maximum Gasteiger partial charge on any atom is 0.349 e. The number of carbonyl (C=O) groups is 1. The topological polar surface area (TPSA) is 78.5 Å². The van der Waals surface area contributed by atoms with Crippen LogP contribution in [-0.2, 0) is 4.79 Å². The summed E-state index contributed by atoms with van der Waals surface area (Å²) < 4.78 is 5.86. The van der Waals surface area contributed by atoms with Crippen LogP contribution in [0, 0.1) is 0 Å². The van der Waals surface area contributed by atoms with Crippen molar-refractivity contribution in [1.82, 2.24) is 9.90 Å². The number of aliphatic carboxylic acids is 1. The van der Waals surface area contributed by atoms with E-state index in [1.54, 1.807) is 41.2 Å². The van der Waals surface area contributed by atoms with Crippen LogP contribution < -0.4 is 9.84 Å². The van der Waals surface area contributed by atoms with Crippen LogP contribution in [0.5, 0.6) is 5.75 Å². The quantitative estimate of drug-likeness (QED) is 0.602. The van der Waals surface area contributed by atoms with Crippen molar-refractivity contribution in [3.8, 4) is 11.4 Å². The number of hydrogen-bond donors (Lipinski definition) is 1. The highest BCUT2D eigenvalue weighted by atomic mass is 16.5. The minimum Gasteiger partial charge on any atom is -0.478 e. The van der Waals surface area contributed by atoms with Gasteiger partial charge in [-0.2, -0.15) is 5.10 Å². The van der Waals surface area contributed by atoms with Gasteiger partial charge in [-0.25, -0.2) is 4.79 Å². The predicted octanol–water partition coefficient (Wildman–Crippen LogP) is 3.04. The van der Waals surface area contributed by atoms with Gasteiger partial charge in [0.05, 0.1) is 5.10 Å². The summed E-state index contributed by atoms with van der Waals surface area (Å²) in [5.74, 6) is -0.631. The molecule has 128 valence electrons. The first-order valence-corrected chi connectivity index (χ1v) is 8.13. The maximum absolute atomic E-state index is 11.7. The third-order valence-electron chi connectivity index (χ3n) is 4.00. The van der Waals surface area contributed by atoms with Gasteiger partial charge in [0.2, 0.25) is 11.6 Å². The van der Waals surface area contributed by atoms with Gasteiger partial charge in [0.1, 0.15) is 0 Å². The third-order valence-corrected chi connectivity index (χ3v) is 4.00. The van der Waals surface area contributed by atoms with E-state index in [-0.39, 0.29) is 0 Å². The van der Waals surface area contributed by atoms with Gasteiger partial charge < -0.3 is 9.84 Å². The van der Waals surface area contributed by atoms with Gasteiger partial charge in [-0.15, -0.1) is 0 Å². The zero-order chi connectivity index (χ0) is 17.9. The number of para-hydroxylation sites is 3. The summed E-state index contributed by atoms with van der Waals surface area (Å²) in [5, 5.41) is 17.3. The minimum absolute atomic E-state index is 0.424. The molecule has 0 aliphatic rings. The summed E-state index contributed by atoms with van der Waals surface area (Å²) in [7, 11) is 0. The fraction of sp³-hybridized carbons (Fsp3) is 0.0500. The average Bonchev–Trinajstić information content (AvgIpc) is 3.11. The van der Waals surface area contributed by atoms with Crippen LogP contribution in [0.15, 0.2) is 78.9 Å². The number of aromatic amines is 1. The van der Waals surface area contributed by atoms with Crippen molar-refractivity contribution >= 4 is 17.0 Å². The number of ether oxygens (including phenoxy) is 1. The molecule has 4 aromatic rings. The summed E-state index contributed by atoms with van der Waals surface area (Å²) in [6, 6.07) is 23.7. The lowest BCUT2D eigenvalue weighted by Gasteiger charge is -2.16. The molecule has 2 N–H and O–H groups in total. The van der Waals surface area contributed by atoms with E-state index in [1.165, 1.54) is 0 Å². The van der Waals surface area contributed by atoms with E-state index in [4.69, 9.17) is 4.74 Å². The number of fused-ring (bicyclic) bond motifs is 1. The van der Waals surface area contributed by atoms with Crippen LogP contribution in [0.25, 0.3) is 16.7 Å². The average molecular weight is 346 g/mol. The highest BCUT2D eigenvalue weighted by Gasteiger charge is 2.24. The molecule has 6 nitrogen and oxygen atoms in total. The van der Waals surface area contributed by atoms with Crippen LogP contribution in [0.4, 0.5) is 0 Å². The Balaban J connectivity index is 1.74. The number of carboxylic acid groups (broad SMARTS) is 1. The molecule has 0 bridgehead atoms. The van der Waals surface area contributed by atoms with E-state index >= 15 is 0 Å². The Morgan fingerprint density at radius 2 is 1.65 bits per heavy atom. The summed E-state index contributed by atoms with van der Waals surface area (Å²) in [6.07, 6.45) is -1.11. The number of rotatable bonds is 5. The van der Waals surface area contributed by atoms with Gasteiger partial charge in [0.15, 0.2) is 17.0 Å². The Hall–Kier alpha value is -3.67. The fourth-order valence-electron chi connectivity index (χ4n) is 2.76. The molecule has 0 amide bonds. The second kappa shape index (κ2) is 6.68. The van der Waals surface area contributed by atoms with Crippen LogP contribution in [-0.4, -0.2) is 21.0 Å². The van der Waals surface area contributed by atoms with Gasteiger partial charge in [0, 0.05) is 5.56 Å². The van der Waals surface area contributed by atoms with Crippen molar-refractivity contribution in [2.75, 3.05) is 0 Å². The van der Waals surface area contributed by atoms with Gasteiger partial charge >= 0.3 is 5.97 Å². The highest BCUT2D eigenvalue weighted by molar-refractivity contribution is 5.75. The summed E-state index contributed by atoms with van der Waals surface area (Å²) in [5.41, 5.74) is 2.88. The first-order valence-electron chi connectivity index (χ1n) is 8.13. The summed E-state index contributed by atoms with van der Waals surface area (Å²) >= 11 is 0. The molecule has 1 unspecified atom stereocenters. The van der Waals surface area contributed by atoms with Crippen molar-refractivity contribution in [1.29, 1.82) is 0 Å². The second-order valence-electron chi connectivity index (χ2n) is 5.76. The minimum atomic E-state index is -1.11. The summed E-state index contributed by atoms with van der Waals surface area (Å²) in [4.78, 5) is 13.3. The van der Waals surface area contributed by atoms with Crippen molar-refractivity contribution in [2.45, 2.75) is 6.10 Å². The van der Waals surface area contributed by atoms with E-state index in [1.807, 2.05) is 42.5 Å². The molecule has 0 aliphatic heterocycles. The van der Waals surface area contributed by atoms with Gasteiger partial charge in [-0.05, 0) is 29.1 Å². The lowest BCUT2D eigenvalue weighted by Crippen LogP contribution is -2.21. The maximum atomic E-state index is 11.7. The SMILES string of the molecule is O=C(O)C(Oc1ccccc1-n1nc2ccccc2[nH+]1)c1ccccc1. The number of benzene rings is 3. The molecule has 3 aromatic carbocycles. The first kappa shape index (κ1) is 15.8. The smallest absolute Gasteiger partial charge is 0.349 e. The molecule has 1 heterocycles. The Morgan fingerprint density at radius 3 is 2.42 bits per heavy atom. The molecule has 26 heavy (non-hydrogen) atoms. The van der Waals surface area contributed by atoms with Crippen LogP contribution in [0.1, 0.15) is 11.7 Å². The molecule has 0 fully saturated rings. The summed E-state index contributed by atoms with van der Waals surface area (Å²) in [6.45, 7) is 0. The van der Waals surface area contributed by atoms with Crippen molar-refractivity contribution < 1.29 is 19.7 Å². The van der Waals surface area contributed by atoms with E-state index in [0.29, 0.717) is 17.0 Å². The standard InChI is InChI=1S/C20H15N3O3/c24-20(25)19(14-8-2-1-3-9-14)26-18-13-7-6-12-17(18)23-21-15-10-4-5-11-16(15)22-23/h1-13,19H,(H,24,25)/p+1. The molecule has 6 heteroatoms. The number of hydrogen-bond acceptors (Lipinski definition) is 3. The lowest BCUT2D eigenvalue weighted by atomic mass is 10.1. The van der Waals surface area contributed by atoms with Crippen molar-refractivity contribution in [2.24, 2.45) is 0 Å². The first-order chi connectivity index (χ1) is 12.7. The molecular weight excluding hydrogens is 330 g/mol. The van der Waals surface area contributed by atoms with Crippen LogP contribution >= 0.6 is 0 Å². The Labute approximate surface area is 149 Å². The second-order valence-corrected chi connectivity index (χ2v) is 5.76. The van der Waals surface area contributed by atoms with E-state index in [2.05, 4.69) is 10.2 Å². The fourth-order valence-corrected chi connectivity index (χ4v) is 2.76. The van der Waals surface area contributed by atoms with Crippen LogP contribution in [0.3, 0.4) is 0 Å². The Morgan fingerprint density at radius 1 is 0.962 bits per heavy atom. The normalized spacial score (nSPS) is 12.0. The zero-order valence-electron chi connectivity index (χ0n) is 13.7. The highest BCUT2D eigenvalue weighted by Crippen LogP contribution is 2.27. The van der Waals surface area contributed by atoms with Gasteiger partial charge in [-0.3, -0.25) is 0 Å². The van der Waals surface area contributed by atoms with Crippen molar-refractivity contribution in [3.63, 3.8) is 0 Å². The number of aromatic nitrogens is 3. The van der Waals surface area contributed by atoms with Gasteiger partial charge in [0.25, 0.3) is 0 Å². The zero-order valence-corrected chi connectivity index (χ0v) is 13.7. The Bertz CT molecular complexity index is 1030. The van der Waals surface area contributed by atoms with E-state index in [9.17, 15) is 9.90 Å². The van der Waals surface area contributed by atoms with Gasteiger partial charge in [-0.1, -0.05) is 54.6 Å². The molecular formula is C20H16N3O3+. The molecule has 1 atom stereocenters. The molecule has 0 aliphatic carbocycles. The Kier molecular flexibility index (Phi) is 4.07. The molecule has 4 rings (SSSR count). The number of H-pyrrole nitrogens is 1.